The zero-order valence-electron chi connectivity index (χ0n) is 12.0. The highest BCUT2D eigenvalue weighted by Crippen LogP contribution is 2.23. The summed E-state index contributed by atoms with van der Waals surface area (Å²) in [5.74, 6) is -2.92. The molecule has 0 spiro atoms. The van der Waals surface area contributed by atoms with Gasteiger partial charge in [-0.05, 0) is 6.07 Å². The zero-order chi connectivity index (χ0) is 17.0. The molecule has 0 bridgehead atoms. The number of nitrogens with one attached hydrogen (secondary N) is 1. The number of benzene rings is 2. The third-order valence-electron chi connectivity index (χ3n) is 3.12. The van der Waals surface area contributed by atoms with Crippen molar-refractivity contribution in [3.63, 3.8) is 0 Å². The summed E-state index contributed by atoms with van der Waals surface area (Å²) in [5, 5.41) is 13.5. The highest BCUT2D eigenvalue weighted by Gasteiger charge is 2.17. The lowest BCUT2D eigenvalue weighted by molar-refractivity contribution is -0.385. The van der Waals surface area contributed by atoms with E-state index in [0.717, 1.165) is 13.2 Å². The number of rotatable bonds is 5. The standard InChI is InChI=1S/C15H12F2N2O4/c1-23-15(20)10-6-13(12(17)7-11(10)16)18-8-9-4-2-3-5-14(9)19(21)22/h2-7,18H,8H2,1H3. The summed E-state index contributed by atoms with van der Waals surface area (Å²) in [6.07, 6.45) is 0. The van der Waals surface area contributed by atoms with Gasteiger partial charge in [0.05, 0.1) is 23.3 Å². The van der Waals surface area contributed by atoms with Crippen molar-refractivity contribution >= 4 is 17.3 Å². The van der Waals surface area contributed by atoms with Crippen molar-refractivity contribution in [3.8, 4) is 0 Å². The molecule has 0 saturated heterocycles. The van der Waals surface area contributed by atoms with Gasteiger partial charge < -0.3 is 10.1 Å². The van der Waals surface area contributed by atoms with E-state index in [4.69, 9.17) is 0 Å². The molecular formula is C15H12F2N2O4. The van der Waals surface area contributed by atoms with Gasteiger partial charge in [-0.25, -0.2) is 13.6 Å². The number of nitro benzene ring substituents is 1. The molecule has 0 aliphatic rings. The molecule has 0 aliphatic heterocycles. The summed E-state index contributed by atoms with van der Waals surface area (Å²) >= 11 is 0. The summed E-state index contributed by atoms with van der Waals surface area (Å²) < 4.78 is 31.7. The Hall–Kier alpha value is -3.03. The van der Waals surface area contributed by atoms with Crippen molar-refractivity contribution in [1.29, 1.82) is 0 Å². The molecule has 2 aromatic carbocycles. The van der Waals surface area contributed by atoms with E-state index >= 15 is 0 Å². The van der Waals surface area contributed by atoms with Crippen LogP contribution in [0.1, 0.15) is 15.9 Å². The Morgan fingerprint density at radius 3 is 2.61 bits per heavy atom. The highest BCUT2D eigenvalue weighted by atomic mass is 19.1. The second-order valence-corrected chi connectivity index (χ2v) is 4.54. The predicted molar refractivity (Wildman–Crippen MR) is 78.1 cm³/mol. The first-order chi connectivity index (χ1) is 10.9. The molecule has 0 fully saturated rings. The maximum atomic E-state index is 13.8. The number of hydrogen-bond acceptors (Lipinski definition) is 5. The van der Waals surface area contributed by atoms with Gasteiger partial charge in [-0.1, -0.05) is 18.2 Å². The number of anilines is 1. The molecule has 0 amide bonds. The topological polar surface area (TPSA) is 81.5 Å². The Balaban J connectivity index is 2.28. The van der Waals surface area contributed by atoms with Gasteiger partial charge in [0.25, 0.3) is 5.69 Å². The van der Waals surface area contributed by atoms with Gasteiger partial charge in [0.2, 0.25) is 0 Å². The SMILES string of the molecule is COC(=O)c1cc(NCc2ccccc2[N+](=O)[O-])c(F)cc1F. The Bertz CT molecular complexity index is 765. The van der Waals surface area contributed by atoms with E-state index in [1.165, 1.54) is 18.2 Å². The second-order valence-electron chi connectivity index (χ2n) is 4.54. The Labute approximate surface area is 129 Å². The van der Waals surface area contributed by atoms with Crippen LogP contribution in [0, 0.1) is 21.7 Å². The van der Waals surface area contributed by atoms with Crippen LogP contribution in [0.5, 0.6) is 0 Å². The van der Waals surface area contributed by atoms with Gasteiger partial charge in [0.1, 0.15) is 11.6 Å². The van der Waals surface area contributed by atoms with Crippen LogP contribution in [0.15, 0.2) is 36.4 Å². The van der Waals surface area contributed by atoms with Crippen molar-refractivity contribution in [2.45, 2.75) is 6.54 Å². The molecule has 0 heterocycles. The fourth-order valence-corrected chi connectivity index (χ4v) is 1.98. The molecule has 6 nitrogen and oxygen atoms in total. The van der Waals surface area contributed by atoms with Crippen molar-refractivity contribution in [3.05, 3.63) is 69.3 Å². The summed E-state index contributed by atoms with van der Waals surface area (Å²) in [6.45, 7) is -0.0691. The van der Waals surface area contributed by atoms with Gasteiger partial charge in [0, 0.05) is 24.2 Å². The third-order valence-corrected chi connectivity index (χ3v) is 3.12. The van der Waals surface area contributed by atoms with Crippen molar-refractivity contribution < 1.29 is 23.2 Å². The number of hydrogen-bond donors (Lipinski definition) is 1. The molecular weight excluding hydrogens is 310 g/mol. The molecule has 23 heavy (non-hydrogen) atoms. The van der Waals surface area contributed by atoms with Crippen LogP contribution in [-0.2, 0) is 11.3 Å². The van der Waals surface area contributed by atoms with Crippen molar-refractivity contribution in [2.24, 2.45) is 0 Å². The summed E-state index contributed by atoms with van der Waals surface area (Å²) in [5.41, 5.74) is -0.402. The average Bonchev–Trinajstić information content (AvgIpc) is 2.53. The van der Waals surface area contributed by atoms with Crippen LogP contribution in [0.3, 0.4) is 0 Å². The number of ether oxygens (including phenoxy) is 1. The molecule has 0 aliphatic carbocycles. The largest absolute Gasteiger partial charge is 0.465 e. The van der Waals surface area contributed by atoms with E-state index in [-0.39, 0.29) is 17.9 Å². The molecule has 0 aromatic heterocycles. The molecule has 0 saturated carbocycles. The van der Waals surface area contributed by atoms with Crippen molar-refractivity contribution in [1.82, 2.24) is 0 Å². The quantitative estimate of drug-likeness (QED) is 0.519. The van der Waals surface area contributed by atoms with Crippen LogP contribution in [-0.4, -0.2) is 18.0 Å². The van der Waals surface area contributed by atoms with E-state index in [1.807, 2.05) is 0 Å². The number of carbonyl (C=O) groups excluding carboxylic acids is 1. The first-order valence-corrected chi connectivity index (χ1v) is 6.47. The van der Waals surface area contributed by atoms with Gasteiger partial charge >= 0.3 is 5.97 Å². The number of nitro groups is 1. The van der Waals surface area contributed by atoms with Crippen LogP contribution in [0.4, 0.5) is 20.2 Å². The smallest absolute Gasteiger partial charge is 0.340 e. The minimum atomic E-state index is -1.05. The highest BCUT2D eigenvalue weighted by molar-refractivity contribution is 5.90. The molecule has 0 atom stereocenters. The normalized spacial score (nSPS) is 10.2. The zero-order valence-corrected chi connectivity index (χ0v) is 12.0. The minimum Gasteiger partial charge on any atom is -0.465 e. The van der Waals surface area contributed by atoms with Crippen LogP contribution >= 0.6 is 0 Å². The van der Waals surface area contributed by atoms with Gasteiger partial charge in [0.15, 0.2) is 0 Å². The fraction of sp³-hybridized carbons (Fsp3) is 0.133. The molecule has 1 N–H and O–H groups in total. The van der Waals surface area contributed by atoms with Crippen LogP contribution < -0.4 is 5.32 Å². The third kappa shape index (κ3) is 3.60. The Morgan fingerprint density at radius 1 is 1.26 bits per heavy atom. The predicted octanol–water partition coefficient (Wildman–Crippen LogP) is 3.27. The Kier molecular flexibility index (Phi) is 4.85. The average molecular weight is 322 g/mol. The van der Waals surface area contributed by atoms with E-state index in [1.54, 1.807) is 6.07 Å². The van der Waals surface area contributed by atoms with Crippen molar-refractivity contribution in [2.75, 3.05) is 12.4 Å². The molecule has 2 rings (SSSR count). The number of halogens is 2. The number of para-hydroxylation sites is 1. The van der Waals surface area contributed by atoms with Gasteiger partial charge in [-0.15, -0.1) is 0 Å². The monoisotopic (exact) mass is 322 g/mol. The lowest BCUT2D eigenvalue weighted by Crippen LogP contribution is -2.09. The van der Waals surface area contributed by atoms with Gasteiger partial charge in [-0.2, -0.15) is 0 Å². The second kappa shape index (κ2) is 6.82. The van der Waals surface area contributed by atoms with E-state index in [2.05, 4.69) is 10.1 Å². The Morgan fingerprint density at radius 2 is 1.96 bits per heavy atom. The summed E-state index contributed by atoms with van der Waals surface area (Å²) in [7, 11) is 1.07. The number of carbonyl (C=O) groups is 1. The lowest BCUT2D eigenvalue weighted by atomic mass is 10.1. The molecule has 120 valence electrons. The molecule has 8 heteroatoms. The van der Waals surface area contributed by atoms with Gasteiger partial charge in [-0.3, -0.25) is 10.1 Å². The van der Waals surface area contributed by atoms with Crippen LogP contribution in [0.25, 0.3) is 0 Å². The summed E-state index contributed by atoms with van der Waals surface area (Å²) in [6, 6.07) is 7.45. The molecule has 0 unspecified atom stereocenters. The first kappa shape index (κ1) is 16.3. The fourth-order valence-electron chi connectivity index (χ4n) is 1.98. The number of esters is 1. The van der Waals surface area contributed by atoms with Crippen LogP contribution in [0.2, 0.25) is 0 Å². The number of nitrogens with zero attached hydrogens (tertiary/aromatic N) is 1. The van der Waals surface area contributed by atoms with E-state index in [9.17, 15) is 23.7 Å². The van der Waals surface area contributed by atoms with E-state index in [0.29, 0.717) is 11.6 Å². The maximum Gasteiger partial charge on any atom is 0.340 e. The lowest BCUT2D eigenvalue weighted by Gasteiger charge is -2.10. The van der Waals surface area contributed by atoms with E-state index < -0.39 is 28.1 Å². The maximum absolute atomic E-state index is 13.8. The first-order valence-electron chi connectivity index (χ1n) is 6.47. The summed E-state index contributed by atoms with van der Waals surface area (Å²) in [4.78, 5) is 21.8. The molecule has 0 radical (unpaired) electrons. The number of methoxy groups -OCH3 is 1. The molecule has 2 aromatic rings. The minimum absolute atomic E-state index is 0.0691.